The van der Waals surface area contributed by atoms with Crippen molar-refractivity contribution < 1.29 is 56.2 Å². The van der Waals surface area contributed by atoms with Gasteiger partial charge in [-0.05, 0) is 64.2 Å². The summed E-state index contributed by atoms with van der Waals surface area (Å²) in [6, 6.07) is 0. The fourth-order valence-electron chi connectivity index (χ4n) is 6.66. The van der Waals surface area contributed by atoms with Crippen molar-refractivity contribution in [2.24, 2.45) is 0 Å². The van der Waals surface area contributed by atoms with Crippen molar-refractivity contribution in [1.82, 2.24) is 0 Å². The number of rotatable bonds is 38. The number of hydrogen-bond acceptors (Lipinski definition) is 11. The zero-order chi connectivity index (χ0) is 41.1. The summed E-state index contributed by atoms with van der Waals surface area (Å²) in [4.78, 5) is 12.8. The van der Waals surface area contributed by atoms with Crippen molar-refractivity contribution in [3.63, 3.8) is 0 Å². The first kappa shape index (κ1) is 52.6. The molecular weight excluding hydrogens is 741 g/mol. The number of carbonyl (C=O) groups is 1. The molecule has 0 radical (unpaired) electrons. The van der Waals surface area contributed by atoms with Gasteiger partial charge in [-0.2, -0.15) is 8.42 Å². The minimum Gasteiger partial charge on any atom is -0.457 e. The maximum absolute atomic E-state index is 12.8. The highest BCUT2D eigenvalue weighted by atomic mass is 32.3. The Kier molecular flexibility index (Phi) is 33.4. The van der Waals surface area contributed by atoms with E-state index in [0.717, 1.165) is 64.2 Å². The fourth-order valence-corrected chi connectivity index (χ4v) is 7.17. The summed E-state index contributed by atoms with van der Waals surface area (Å²) < 4.78 is 59.0. The third-order valence-electron chi connectivity index (χ3n) is 10.0. The van der Waals surface area contributed by atoms with E-state index in [9.17, 15) is 28.5 Å². The molecule has 6 atom stereocenters. The van der Waals surface area contributed by atoms with Crippen molar-refractivity contribution >= 4 is 16.4 Å². The predicted molar refractivity (Wildman–Crippen MR) is 221 cm³/mol. The van der Waals surface area contributed by atoms with Crippen molar-refractivity contribution in [1.29, 1.82) is 0 Å². The lowest BCUT2D eigenvalue weighted by Gasteiger charge is -2.41. The van der Waals surface area contributed by atoms with Gasteiger partial charge in [-0.15, -0.1) is 0 Å². The third kappa shape index (κ3) is 28.9. The van der Waals surface area contributed by atoms with Crippen molar-refractivity contribution in [2.45, 2.75) is 218 Å². The van der Waals surface area contributed by atoms with Crippen LogP contribution in [0, 0.1) is 0 Å². The van der Waals surface area contributed by atoms with Crippen molar-refractivity contribution in [3.05, 3.63) is 24.3 Å². The molecule has 13 heteroatoms. The molecule has 0 aromatic rings. The van der Waals surface area contributed by atoms with Crippen LogP contribution in [-0.2, 0) is 38.3 Å². The molecule has 0 aromatic heterocycles. The van der Waals surface area contributed by atoms with Gasteiger partial charge < -0.3 is 34.3 Å². The topological polar surface area (TPSA) is 178 Å². The van der Waals surface area contributed by atoms with Crippen molar-refractivity contribution in [2.75, 3.05) is 26.4 Å². The Labute approximate surface area is 340 Å². The van der Waals surface area contributed by atoms with E-state index >= 15 is 0 Å². The lowest BCUT2D eigenvalue weighted by molar-refractivity contribution is -0.301. The van der Waals surface area contributed by atoms with Gasteiger partial charge in [-0.25, -0.2) is 4.18 Å². The van der Waals surface area contributed by atoms with Crippen LogP contribution in [0.15, 0.2) is 24.3 Å². The standard InChI is InChI=1S/C43H80O12S/c1-3-5-7-9-11-13-15-17-19-21-23-25-27-29-31-33-51-35-37(36-52-43-41(47)42(55-56(48,49)50)40(46)38(34-44)54-43)53-39(45)32-30-28-26-24-22-20-18-16-14-12-10-8-6-4-2/h15-18,37-38,40-44,46-47H,3-14,19-36H2,1-2H3,(H,48,49,50)/b17-15-,18-16-. The van der Waals surface area contributed by atoms with Crippen LogP contribution in [0.4, 0.5) is 0 Å². The largest absolute Gasteiger partial charge is 0.457 e. The van der Waals surface area contributed by atoms with Gasteiger partial charge in [0.2, 0.25) is 0 Å². The van der Waals surface area contributed by atoms with Crippen LogP contribution in [0.5, 0.6) is 0 Å². The highest BCUT2D eigenvalue weighted by Crippen LogP contribution is 2.26. The molecule has 56 heavy (non-hydrogen) atoms. The first-order valence-corrected chi connectivity index (χ1v) is 23.5. The lowest BCUT2D eigenvalue weighted by atomic mass is 9.99. The van der Waals surface area contributed by atoms with Gasteiger partial charge in [0.25, 0.3) is 0 Å². The molecular formula is C43H80O12S. The Balaban J connectivity index is 2.46. The molecule has 0 saturated carbocycles. The van der Waals surface area contributed by atoms with Crippen LogP contribution in [0.3, 0.4) is 0 Å². The van der Waals surface area contributed by atoms with Gasteiger partial charge in [-0.3, -0.25) is 9.35 Å². The second kappa shape index (κ2) is 35.5. The Morgan fingerprint density at radius 2 is 1.12 bits per heavy atom. The number of allylic oxidation sites excluding steroid dienone is 4. The summed E-state index contributed by atoms with van der Waals surface area (Å²) >= 11 is 0. The number of hydrogen-bond donors (Lipinski definition) is 4. The van der Waals surface area contributed by atoms with E-state index in [1.165, 1.54) is 89.9 Å². The van der Waals surface area contributed by atoms with Gasteiger partial charge in [0.05, 0.1) is 19.8 Å². The molecule has 330 valence electrons. The van der Waals surface area contributed by atoms with Crippen LogP contribution in [0.25, 0.3) is 0 Å². The normalized spacial score (nSPS) is 21.0. The number of esters is 1. The van der Waals surface area contributed by atoms with E-state index in [-0.39, 0.29) is 19.6 Å². The fraction of sp³-hybridized carbons (Fsp3) is 0.884. The molecule has 6 unspecified atom stereocenters. The molecule has 0 aromatic carbocycles. The maximum Gasteiger partial charge on any atom is 0.397 e. The van der Waals surface area contributed by atoms with Gasteiger partial charge in [-0.1, -0.05) is 134 Å². The third-order valence-corrected chi connectivity index (χ3v) is 10.5. The number of ether oxygens (including phenoxy) is 4. The summed E-state index contributed by atoms with van der Waals surface area (Å²) in [5.41, 5.74) is 0. The molecule has 4 N–H and O–H groups in total. The molecule has 1 fully saturated rings. The quantitative estimate of drug-likeness (QED) is 0.0202. The van der Waals surface area contributed by atoms with Crippen LogP contribution >= 0.6 is 0 Å². The first-order valence-electron chi connectivity index (χ1n) is 22.1. The zero-order valence-electron chi connectivity index (χ0n) is 34.9. The predicted octanol–water partition coefficient (Wildman–Crippen LogP) is 8.85. The highest BCUT2D eigenvalue weighted by Gasteiger charge is 2.48. The molecule has 12 nitrogen and oxygen atoms in total. The highest BCUT2D eigenvalue weighted by molar-refractivity contribution is 7.80. The van der Waals surface area contributed by atoms with Crippen LogP contribution in [-0.4, -0.2) is 97.5 Å². The molecule has 1 heterocycles. The van der Waals surface area contributed by atoms with E-state index in [2.05, 4.69) is 42.3 Å². The molecule has 0 spiro atoms. The van der Waals surface area contributed by atoms with Gasteiger partial charge in [0.1, 0.15) is 30.5 Å². The van der Waals surface area contributed by atoms with Gasteiger partial charge in [0, 0.05) is 13.0 Å². The molecule has 0 aliphatic carbocycles. The Morgan fingerprint density at radius 3 is 1.61 bits per heavy atom. The average Bonchev–Trinajstić information content (AvgIpc) is 3.17. The van der Waals surface area contributed by atoms with Gasteiger partial charge >= 0.3 is 16.4 Å². The monoisotopic (exact) mass is 821 g/mol. The van der Waals surface area contributed by atoms with E-state index < -0.39 is 59.8 Å². The molecule has 0 bridgehead atoms. The lowest BCUT2D eigenvalue weighted by Crippen LogP contribution is -2.60. The number of carbonyl (C=O) groups excluding carboxylic acids is 1. The minimum atomic E-state index is -5.06. The van der Waals surface area contributed by atoms with Crippen LogP contribution in [0.2, 0.25) is 0 Å². The molecule has 1 saturated heterocycles. The summed E-state index contributed by atoms with van der Waals surface area (Å²) in [6.07, 6.45) is 29.2. The van der Waals surface area contributed by atoms with Gasteiger partial charge in [0.15, 0.2) is 6.29 Å². The van der Waals surface area contributed by atoms with Crippen molar-refractivity contribution in [3.8, 4) is 0 Å². The molecule has 1 aliphatic heterocycles. The number of aliphatic hydroxyl groups is 3. The summed E-state index contributed by atoms with van der Waals surface area (Å²) in [5, 5.41) is 30.6. The Hall–Kier alpha value is -1.42. The van der Waals surface area contributed by atoms with E-state index in [4.69, 9.17) is 23.5 Å². The number of unbranched alkanes of at least 4 members (excludes halogenated alkanes) is 21. The Morgan fingerprint density at radius 1 is 0.661 bits per heavy atom. The first-order chi connectivity index (χ1) is 27.1. The SMILES string of the molecule is CCCCCCC/C=C\CCCCCCCCOCC(COC1OC(CO)C(O)C(OS(=O)(=O)O)C1O)OC(=O)CCCCCCC/C=C\CCCCCCC. The summed E-state index contributed by atoms with van der Waals surface area (Å²) in [6.45, 7) is 3.95. The van der Waals surface area contributed by atoms with E-state index in [1.807, 2.05) is 0 Å². The van der Waals surface area contributed by atoms with Crippen LogP contribution in [0.1, 0.15) is 181 Å². The summed E-state index contributed by atoms with van der Waals surface area (Å²) in [7, 11) is -5.06. The smallest absolute Gasteiger partial charge is 0.397 e. The molecule has 1 aliphatic rings. The summed E-state index contributed by atoms with van der Waals surface area (Å²) in [5.74, 6) is -0.410. The van der Waals surface area contributed by atoms with E-state index in [0.29, 0.717) is 13.0 Å². The number of aliphatic hydroxyl groups excluding tert-OH is 3. The second-order valence-electron chi connectivity index (χ2n) is 15.3. The van der Waals surface area contributed by atoms with E-state index in [1.54, 1.807) is 0 Å². The maximum atomic E-state index is 12.8. The molecule has 1 rings (SSSR count). The second-order valence-corrected chi connectivity index (χ2v) is 16.3. The molecule has 0 amide bonds. The Bertz CT molecular complexity index is 1080. The average molecular weight is 821 g/mol. The van der Waals surface area contributed by atoms with Crippen LogP contribution < -0.4 is 0 Å². The minimum absolute atomic E-state index is 0.0305. The zero-order valence-corrected chi connectivity index (χ0v) is 35.8.